The molecule has 17 heavy (non-hydrogen) atoms. The number of aromatic nitrogens is 1. The predicted octanol–water partition coefficient (Wildman–Crippen LogP) is 2.13. The molecule has 1 aromatic heterocycles. The minimum Gasteiger partial charge on any atom is -0.378 e. The largest absolute Gasteiger partial charge is 0.378 e. The average Bonchev–Trinajstić information content (AvgIpc) is 2.58. The Labute approximate surface area is 107 Å². The van der Waals surface area contributed by atoms with Gasteiger partial charge < -0.3 is 15.4 Å². The summed E-state index contributed by atoms with van der Waals surface area (Å²) in [5.41, 5.74) is 6.76. The van der Waals surface area contributed by atoms with Gasteiger partial charge in [-0.2, -0.15) is 0 Å². The number of nitrogens with two attached hydrogens (primary N) is 1. The van der Waals surface area contributed by atoms with E-state index in [4.69, 9.17) is 10.5 Å². The molecule has 0 aliphatic carbocycles. The Morgan fingerprint density at radius 3 is 2.59 bits per heavy atom. The van der Waals surface area contributed by atoms with Crippen LogP contribution in [0.5, 0.6) is 0 Å². The van der Waals surface area contributed by atoms with Crippen LogP contribution < -0.4 is 10.6 Å². The molecule has 1 aliphatic heterocycles. The molecule has 1 saturated heterocycles. The van der Waals surface area contributed by atoms with Gasteiger partial charge >= 0.3 is 0 Å². The number of hydrogen-bond acceptors (Lipinski definition) is 5. The minimum atomic E-state index is 0.560. The summed E-state index contributed by atoms with van der Waals surface area (Å²) in [6.45, 7) is 3.38. The molecular weight excluding hydrogens is 234 g/mol. The van der Waals surface area contributed by atoms with Crippen LogP contribution in [0.15, 0.2) is 0 Å². The maximum Gasteiger partial charge on any atom is 0.185 e. The van der Waals surface area contributed by atoms with Crippen molar-refractivity contribution in [3.63, 3.8) is 0 Å². The van der Waals surface area contributed by atoms with Crippen molar-refractivity contribution in [2.75, 3.05) is 25.1 Å². The van der Waals surface area contributed by atoms with Gasteiger partial charge in [-0.05, 0) is 12.8 Å². The topological polar surface area (TPSA) is 51.4 Å². The van der Waals surface area contributed by atoms with Crippen molar-refractivity contribution in [2.24, 2.45) is 5.73 Å². The zero-order chi connectivity index (χ0) is 12.1. The number of thiazole rings is 1. The van der Waals surface area contributed by atoms with E-state index in [1.165, 1.54) is 25.7 Å². The molecule has 1 aromatic rings. The molecule has 0 aromatic carbocycles. The maximum absolute atomic E-state index is 5.75. The third-order valence-electron chi connectivity index (χ3n) is 3.11. The second-order valence-electron chi connectivity index (χ2n) is 4.40. The first-order chi connectivity index (χ1) is 8.35. The van der Waals surface area contributed by atoms with E-state index in [-0.39, 0.29) is 0 Å². The summed E-state index contributed by atoms with van der Waals surface area (Å²) in [4.78, 5) is 8.23. The number of rotatable bonds is 4. The molecule has 2 N–H and O–H groups in total. The second-order valence-corrected chi connectivity index (χ2v) is 5.47. The monoisotopic (exact) mass is 255 g/mol. The van der Waals surface area contributed by atoms with Gasteiger partial charge in [-0.1, -0.05) is 12.8 Å². The van der Waals surface area contributed by atoms with E-state index in [1.54, 1.807) is 18.4 Å². The third kappa shape index (κ3) is 3.18. The fourth-order valence-electron chi connectivity index (χ4n) is 2.18. The molecule has 1 aliphatic rings. The first-order valence-corrected chi connectivity index (χ1v) is 7.09. The van der Waals surface area contributed by atoms with Crippen molar-refractivity contribution in [2.45, 2.75) is 38.8 Å². The summed E-state index contributed by atoms with van der Waals surface area (Å²) >= 11 is 1.73. The summed E-state index contributed by atoms with van der Waals surface area (Å²) in [6, 6.07) is 0. The van der Waals surface area contributed by atoms with Crippen LogP contribution >= 0.6 is 11.3 Å². The van der Waals surface area contributed by atoms with Crippen LogP contribution in [0.2, 0.25) is 0 Å². The molecule has 0 unspecified atom stereocenters. The summed E-state index contributed by atoms with van der Waals surface area (Å²) in [5, 5.41) is 1.12. The zero-order valence-corrected chi connectivity index (χ0v) is 11.3. The lowest BCUT2D eigenvalue weighted by Gasteiger charge is -2.18. The Morgan fingerprint density at radius 1 is 1.29 bits per heavy atom. The molecule has 0 saturated carbocycles. The number of ether oxygens (including phenoxy) is 1. The summed E-state index contributed by atoms with van der Waals surface area (Å²) < 4.78 is 5.17. The van der Waals surface area contributed by atoms with Crippen molar-refractivity contribution in [1.82, 2.24) is 4.98 Å². The van der Waals surface area contributed by atoms with Crippen LogP contribution in [0.25, 0.3) is 0 Å². The molecular formula is C12H21N3OS. The van der Waals surface area contributed by atoms with E-state index in [0.29, 0.717) is 13.2 Å². The SMILES string of the molecule is COCc1nc(N2CCCCCC2)sc1CN. The molecule has 0 radical (unpaired) electrons. The van der Waals surface area contributed by atoms with Crippen LogP contribution in [0.1, 0.15) is 36.3 Å². The Balaban J connectivity index is 2.13. The molecule has 96 valence electrons. The van der Waals surface area contributed by atoms with Crippen LogP contribution in [0.3, 0.4) is 0 Å². The van der Waals surface area contributed by atoms with Crippen molar-refractivity contribution >= 4 is 16.5 Å². The summed E-state index contributed by atoms with van der Waals surface area (Å²) in [5.74, 6) is 0. The van der Waals surface area contributed by atoms with E-state index >= 15 is 0 Å². The zero-order valence-electron chi connectivity index (χ0n) is 10.4. The molecule has 0 atom stereocenters. The molecule has 0 spiro atoms. The van der Waals surface area contributed by atoms with Gasteiger partial charge in [0.25, 0.3) is 0 Å². The van der Waals surface area contributed by atoms with Crippen LogP contribution in [0.4, 0.5) is 5.13 Å². The highest BCUT2D eigenvalue weighted by molar-refractivity contribution is 7.15. The second kappa shape index (κ2) is 6.33. The molecule has 4 nitrogen and oxygen atoms in total. The molecule has 1 fully saturated rings. The number of hydrogen-bond donors (Lipinski definition) is 1. The summed E-state index contributed by atoms with van der Waals surface area (Å²) in [7, 11) is 1.70. The summed E-state index contributed by atoms with van der Waals surface area (Å²) in [6.07, 6.45) is 5.24. The van der Waals surface area contributed by atoms with Crippen LogP contribution in [0, 0.1) is 0 Å². The Kier molecular flexibility index (Phi) is 4.76. The Hall–Kier alpha value is -0.650. The lowest BCUT2D eigenvalue weighted by Crippen LogP contribution is -2.23. The van der Waals surface area contributed by atoms with Gasteiger partial charge in [0.05, 0.1) is 12.3 Å². The highest BCUT2D eigenvalue weighted by Gasteiger charge is 2.16. The van der Waals surface area contributed by atoms with Crippen LogP contribution in [-0.4, -0.2) is 25.2 Å². The van der Waals surface area contributed by atoms with Crippen molar-refractivity contribution in [3.8, 4) is 0 Å². The lowest BCUT2D eigenvalue weighted by molar-refractivity contribution is 0.181. The lowest BCUT2D eigenvalue weighted by atomic mass is 10.2. The minimum absolute atomic E-state index is 0.560. The van der Waals surface area contributed by atoms with Gasteiger partial charge in [0.1, 0.15) is 0 Å². The molecule has 5 heteroatoms. The first kappa shape index (κ1) is 12.8. The number of anilines is 1. The highest BCUT2D eigenvalue weighted by atomic mass is 32.1. The van der Waals surface area contributed by atoms with Gasteiger partial charge in [0.2, 0.25) is 0 Å². The quantitative estimate of drug-likeness (QED) is 0.895. The van der Waals surface area contributed by atoms with Gasteiger partial charge in [-0.25, -0.2) is 4.98 Å². The molecule has 2 rings (SSSR count). The fourth-order valence-corrected chi connectivity index (χ4v) is 3.17. The van der Waals surface area contributed by atoms with Gasteiger partial charge in [-0.15, -0.1) is 11.3 Å². The first-order valence-electron chi connectivity index (χ1n) is 6.27. The van der Waals surface area contributed by atoms with E-state index in [0.717, 1.165) is 28.8 Å². The van der Waals surface area contributed by atoms with E-state index in [9.17, 15) is 0 Å². The van der Waals surface area contributed by atoms with Crippen LogP contribution in [-0.2, 0) is 17.9 Å². The standard InChI is InChI=1S/C12H21N3OS/c1-16-9-10-11(8-13)17-12(14-10)15-6-4-2-3-5-7-15/h2-9,13H2,1H3. The molecule has 2 heterocycles. The Bertz CT molecular complexity index is 346. The van der Waals surface area contributed by atoms with E-state index in [1.807, 2.05) is 0 Å². The normalized spacial score (nSPS) is 17.2. The van der Waals surface area contributed by atoms with Gasteiger partial charge in [-0.3, -0.25) is 0 Å². The van der Waals surface area contributed by atoms with E-state index < -0.39 is 0 Å². The fraction of sp³-hybridized carbons (Fsp3) is 0.750. The smallest absolute Gasteiger partial charge is 0.185 e. The van der Waals surface area contributed by atoms with Gasteiger partial charge in [0, 0.05) is 31.6 Å². The Morgan fingerprint density at radius 2 is 2.00 bits per heavy atom. The predicted molar refractivity (Wildman–Crippen MR) is 71.4 cm³/mol. The van der Waals surface area contributed by atoms with E-state index in [2.05, 4.69) is 9.88 Å². The molecule has 0 amide bonds. The average molecular weight is 255 g/mol. The van der Waals surface area contributed by atoms with Gasteiger partial charge in [0.15, 0.2) is 5.13 Å². The van der Waals surface area contributed by atoms with Crippen molar-refractivity contribution in [1.29, 1.82) is 0 Å². The van der Waals surface area contributed by atoms with Crippen molar-refractivity contribution in [3.05, 3.63) is 10.6 Å². The van der Waals surface area contributed by atoms with Crippen molar-refractivity contribution < 1.29 is 4.74 Å². The number of methoxy groups -OCH3 is 1. The molecule has 0 bridgehead atoms. The highest BCUT2D eigenvalue weighted by Crippen LogP contribution is 2.28. The third-order valence-corrected chi connectivity index (χ3v) is 4.29. The number of nitrogens with zero attached hydrogens (tertiary/aromatic N) is 2. The maximum atomic E-state index is 5.75.